The second-order valence-corrected chi connectivity index (χ2v) is 6.18. The molecule has 0 bridgehead atoms. The van der Waals surface area contributed by atoms with Crippen LogP contribution in [0.5, 0.6) is 11.5 Å². The second kappa shape index (κ2) is 7.76. The number of nitrogens with one attached hydrogen (secondary N) is 1. The van der Waals surface area contributed by atoms with Gasteiger partial charge in [0.2, 0.25) is 5.13 Å². The van der Waals surface area contributed by atoms with Crippen molar-refractivity contribution in [3.05, 3.63) is 54.6 Å². The number of para-hydroxylation sites is 1. The number of methoxy groups -OCH3 is 1. The Kier molecular flexibility index (Phi) is 5.25. The van der Waals surface area contributed by atoms with Crippen LogP contribution in [0.1, 0.15) is 6.92 Å². The fourth-order valence-electron chi connectivity index (χ4n) is 2.09. The van der Waals surface area contributed by atoms with Crippen LogP contribution in [0.15, 0.2) is 54.6 Å². The third-order valence-electron chi connectivity index (χ3n) is 3.42. The molecule has 3 rings (SSSR count). The zero-order chi connectivity index (χ0) is 17.6. The van der Waals surface area contributed by atoms with Gasteiger partial charge in [-0.15, -0.1) is 10.2 Å². The zero-order valence-corrected chi connectivity index (χ0v) is 14.6. The fraction of sp³-hybridized carbons (Fsp3) is 0.167. The van der Waals surface area contributed by atoms with Gasteiger partial charge in [-0.3, -0.25) is 10.1 Å². The van der Waals surface area contributed by atoms with Crippen LogP contribution in [0.4, 0.5) is 5.13 Å². The normalized spacial score (nSPS) is 11.6. The van der Waals surface area contributed by atoms with Crippen LogP contribution >= 0.6 is 11.3 Å². The van der Waals surface area contributed by atoms with Gasteiger partial charge >= 0.3 is 0 Å². The van der Waals surface area contributed by atoms with E-state index in [-0.39, 0.29) is 5.91 Å². The lowest BCUT2D eigenvalue weighted by atomic mass is 10.2. The van der Waals surface area contributed by atoms with E-state index in [0.29, 0.717) is 10.9 Å². The van der Waals surface area contributed by atoms with Crippen molar-refractivity contribution in [3.63, 3.8) is 0 Å². The van der Waals surface area contributed by atoms with Crippen molar-refractivity contribution in [2.45, 2.75) is 13.0 Å². The first-order valence-corrected chi connectivity index (χ1v) is 8.48. The van der Waals surface area contributed by atoms with Gasteiger partial charge in [0.25, 0.3) is 5.91 Å². The highest BCUT2D eigenvalue weighted by molar-refractivity contribution is 7.18. The van der Waals surface area contributed by atoms with Crippen LogP contribution in [0.3, 0.4) is 0 Å². The van der Waals surface area contributed by atoms with Gasteiger partial charge in [0, 0.05) is 5.56 Å². The van der Waals surface area contributed by atoms with Gasteiger partial charge in [-0.25, -0.2) is 0 Å². The number of hydrogen-bond acceptors (Lipinski definition) is 6. The molecule has 0 aliphatic heterocycles. The first kappa shape index (κ1) is 16.9. The highest BCUT2D eigenvalue weighted by atomic mass is 32.1. The van der Waals surface area contributed by atoms with Gasteiger partial charge in [0.1, 0.15) is 16.5 Å². The molecule has 0 radical (unpaired) electrons. The number of amides is 1. The van der Waals surface area contributed by atoms with Crippen molar-refractivity contribution >= 4 is 22.4 Å². The maximum Gasteiger partial charge on any atom is 0.266 e. The van der Waals surface area contributed by atoms with E-state index in [1.807, 2.05) is 42.5 Å². The first-order chi connectivity index (χ1) is 12.2. The molecule has 1 N–H and O–H groups in total. The summed E-state index contributed by atoms with van der Waals surface area (Å²) in [6, 6.07) is 16.7. The van der Waals surface area contributed by atoms with Crippen molar-refractivity contribution in [1.29, 1.82) is 0 Å². The summed E-state index contributed by atoms with van der Waals surface area (Å²) in [5.41, 5.74) is 0.910. The third-order valence-corrected chi connectivity index (χ3v) is 4.31. The van der Waals surface area contributed by atoms with Crippen LogP contribution in [0, 0.1) is 0 Å². The van der Waals surface area contributed by atoms with E-state index >= 15 is 0 Å². The molecule has 6 nitrogen and oxygen atoms in total. The molecular formula is C18H17N3O3S. The van der Waals surface area contributed by atoms with Crippen LogP contribution in [0.2, 0.25) is 0 Å². The highest BCUT2D eigenvalue weighted by Gasteiger charge is 2.17. The minimum atomic E-state index is -0.643. The predicted octanol–water partition coefficient (Wildman–Crippen LogP) is 3.62. The molecule has 0 spiro atoms. The van der Waals surface area contributed by atoms with Gasteiger partial charge in [-0.1, -0.05) is 29.5 Å². The highest BCUT2D eigenvalue weighted by Crippen LogP contribution is 2.27. The van der Waals surface area contributed by atoms with E-state index < -0.39 is 6.10 Å². The number of benzene rings is 2. The number of ether oxygens (including phenoxy) is 2. The van der Waals surface area contributed by atoms with Gasteiger partial charge < -0.3 is 9.47 Å². The van der Waals surface area contributed by atoms with E-state index in [9.17, 15) is 4.79 Å². The van der Waals surface area contributed by atoms with Gasteiger partial charge in [-0.2, -0.15) is 0 Å². The number of rotatable bonds is 6. The SMILES string of the molecule is COc1ccc(-c2nnc(NC(=O)[C@@H](C)Oc3ccccc3)s2)cc1. The van der Waals surface area contributed by atoms with Crippen molar-refractivity contribution in [2.24, 2.45) is 0 Å². The number of hydrogen-bond donors (Lipinski definition) is 1. The average molecular weight is 355 g/mol. The molecule has 2 aromatic carbocycles. The topological polar surface area (TPSA) is 73.3 Å². The average Bonchev–Trinajstić information content (AvgIpc) is 3.11. The quantitative estimate of drug-likeness (QED) is 0.731. The Hall–Kier alpha value is -2.93. The molecule has 1 aromatic heterocycles. The first-order valence-electron chi connectivity index (χ1n) is 7.66. The minimum Gasteiger partial charge on any atom is -0.497 e. The summed E-state index contributed by atoms with van der Waals surface area (Å²) >= 11 is 1.30. The van der Waals surface area contributed by atoms with Crippen LogP contribution < -0.4 is 14.8 Å². The summed E-state index contributed by atoms with van der Waals surface area (Å²) in [5, 5.41) is 12.0. The standard InChI is InChI=1S/C18H17N3O3S/c1-12(24-15-6-4-3-5-7-15)16(22)19-18-21-20-17(25-18)13-8-10-14(23-2)11-9-13/h3-12H,1-2H3,(H,19,21,22)/t12-/m1/s1. The largest absolute Gasteiger partial charge is 0.497 e. The lowest BCUT2D eigenvalue weighted by Gasteiger charge is -2.13. The van der Waals surface area contributed by atoms with Crippen molar-refractivity contribution in [2.75, 3.05) is 12.4 Å². The van der Waals surface area contributed by atoms with E-state index in [0.717, 1.165) is 16.3 Å². The molecule has 0 unspecified atom stereocenters. The van der Waals surface area contributed by atoms with E-state index in [1.165, 1.54) is 11.3 Å². The molecule has 0 fully saturated rings. The predicted molar refractivity (Wildman–Crippen MR) is 97.1 cm³/mol. The fourth-order valence-corrected chi connectivity index (χ4v) is 2.84. The summed E-state index contributed by atoms with van der Waals surface area (Å²) in [4.78, 5) is 12.2. The summed E-state index contributed by atoms with van der Waals surface area (Å²) in [6.07, 6.45) is -0.643. The number of carbonyl (C=O) groups is 1. The Morgan fingerprint density at radius 1 is 1.04 bits per heavy atom. The van der Waals surface area contributed by atoms with E-state index in [4.69, 9.17) is 9.47 Å². The van der Waals surface area contributed by atoms with E-state index in [1.54, 1.807) is 26.2 Å². The Morgan fingerprint density at radius 3 is 2.44 bits per heavy atom. The maximum absolute atomic E-state index is 12.2. The molecule has 1 heterocycles. The smallest absolute Gasteiger partial charge is 0.266 e. The molecule has 1 amide bonds. The lowest BCUT2D eigenvalue weighted by Crippen LogP contribution is -2.30. The zero-order valence-electron chi connectivity index (χ0n) is 13.8. The minimum absolute atomic E-state index is 0.277. The van der Waals surface area contributed by atoms with Gasteiger partial charge in [0.15, 0.2) is 6.10 Å². The molecule has 3 aromatic rings. The van der Waals surface area contributed by atoms with Gasteiger partial charge in [0.05, 0.1) is 7.11 Å². The second-order valence-electron chi connectivity index (χ2n) is 5.20. The number of carbonyl (C=O) groups excluding carboxylic acids is 1. The maximum atomic E-state index is 12.2. The summed E-state index contributed by atoms with van der Waals surface area (Å²) < 4.78 is 10.7. The Morgan fingerprint density at radius 2 is 1.76 bits per heavy atom. The molecule has 1 atom stereocenters. The molecular weight excluding hydrogens is 338 g/mol. The van der Waals surface area contributed by atoms with Gasteiger partial charge in [-0.05, 0) is 43.3 Å². The number of aromatic nitrogens is 2. The summed E-state index contributed by atoms with van der Waals surface area (Å²) in [5.74, 6) is 1.14. The van der Waals surface area contributed by atoms with Crippen molar-refractivity contribution in [1.82, 2.24) is 10.2 Å². The Bertz CT molecular complexity index is 834. The molecule has 128 valence electrons. The Balaban J connectivity index is 1.63. The van der Waals surface area contributed by atoms with Crippen molar-refractivity contribution < 1.29 is 14.3 Å². The third kappa shape index (κ3) is 4.33. The number of nitrogens with zero attached hydrogens (tertiary/aromatic N) is 2. The van der Waals surface area contributed by atoms with Crippen LogP contribution in [-0.4, -0.2) is 29.3 Å². The number of anilines is 1. The monoisotopic (exact) mass is 355 g/mol. The lowest BCUT2D eigenvalue weighted by molar-refractivity contribution is -0.122. The summed E-state index contributed by atoms with van der Waals surface area (Å²) in [7, 11) is 1.62. The molecule has 0 aliphatic carbocycles. The van der Waals surface area contributed by atoms with Crippen molar-refractivity contribution in [3.8, 4) is 22.1 Å². The molecule has 0 aliphatic rings. The molecule has 25 heavy (non-hydrogen) atoms. The molecule has 0 saturated carbocycles. The van der Waals surface area contributed by atoms with Crippen LogP contribution in [-0.2, 0) is 4.79 Å². The van der Waals surface area contributed by atoms with Crippen LogP contribution in [0.25, 0.3) is 10.6 Å². The molecule has 0 saturated heterocycles. The molecule has 7 heteroatoms. The summed E-state index contributed by atoms with van der Waals surface area (Å²) in [6.45, 7) is 1.69. The Labute approximate surface area is 149 Å². The van der Waals surface area contributed by atoms with E-state index in [2.05, 4.69) is 15.5 Å².